The molecule has 0 radical (unpaired) electrons. The zero-order valence-corrected chi connectivity index (χ0v) is 53.4. The Labute approximate surface area is 524 Å². The Morgan fingerprint density at radius 1 is 0.557 bits per heavy atom. The molecule has 1 aromatic rings. The molecule has 88 heavy (non-hydrogen) atoms. The number of allylic oxidation sites excluding steroid dienone is 1. The van der Waals surface area contributed by atoms with Crippen molar-refractivity contribution in [3.63, 3.8) is 0 Å². The van der Waals surface area contributed by atoms with Crippen LogP contribution in [0.1, 0.15) is 208 Å². The number of carboxylic acids is 2. The zero-order chi connectivity index (χ0) is 65.3. The topological polar surface area (TPSA) is 363 Å². The van der Waals surface area contributed by atoms with Gasteiger partial charge in [0, 0.05) is 95.4 Å². The molecular formula is C66H112N6O16. The number of aliphatic carboxylic acids is 2. The molecule has 11 N–H and O–H groups in total. The van der Waals surface area contributed by atoms with Crippen molar-refractivity contribution >= 4 is 58.6 Å². The van der Waals surface area contributed by atoms with Crippen LogP contribution in [0.2, 0.25) is 0 Å². The molecule has 22 heteroatoms. The van der Waals surface area contributed by atoms with Gasteiger partial charge in [-0.3, -0.25) is 43.8 Å². The summed E-state index contributed by atoms with van der Waals surface area (Å²) in [7, 11) is 0. The van der Waals surface area contributed by atoms with Gasteiger partial charge in [-0.05, 0) is 87.8 Å². The normalized spacial score (nSPS) is 13.0. The SMILES string of the molecule is C=C(CCCCCCCCCCCCCCC(=O)O)N[C@@H](CCC(=O)NCCOCCOCC(=O)CCCOCCOCC(=O)NCCCC[C@H](CC(=O)CC(C)C)C(=O)C(C)[C@@H](CCCCC(=N)N)C(=O)C[C@@H](Cc1ccc(O)cc1)C(N)=O)C(=O)O.[HH]. The number of hydrogen-bond acceptors (Lipinski definition) is 16. The maximum absolute atomic E-state index is 14.3. The lowest BCUT2D eigenvalue weighted by Crippen LogP contribution is -2.37. The number of rotatable bonds is 61. The van der Waals surface area contributed by atoms with E-state index >= 15 is 0 Å². The minimum atomic E-state index is -1.04. The van der Waals surface area contributed by atoms with Crippen molar-refractivity contribution in [1.82, 2.24) is 16.0 Å². The Kier molecular flexibility index (Phi) is 46.1. The minimum Gasteiger partial charge on any atom is -0.508 e. The summed E-state index contributed by atoms with van der Waals surface area (Å²) in [5, 5.41) is 44.2. The molecule has 0 aliphatic rings. The predicted octanol–water partition coefficient (Wildman–Crippen LogP) is 8.88. The number of benzene rings is 1. The van der Waals surface area contributed by atoms with Gasteiger partial charge in [0.15, 0.2) is 5.78 Å². The summed E-state index contributed by atoms with van der Waals surface area (Å²) in [6.45, 7) is 11.1. The predicted molar refractivity (Wildman–Crippen MR) is 339 cm³/mol. The van der Waals surface area contributed by atoms with Crippen LogP contribution in [0.5, 0.6) is 5.75 Å². The Balaban J connectivity index is 0.0000774. The van der Waals surface area contributed by atoms with E-state index in [0.29, 0.717) is 88.6 Å². The molecule has 0 spiro atoms. The number of carbonyl (C=O) groups excluding carboxylic acids is 7. The number of hydrogen-bond donors (Lipinski definition) is 9. The van der Waals surface area contributed by atoms with Crippen LogP contribution in [0.25, 0.3) is 0 Å². The van der Waals surface area contributed by atoms with Crippen LogP contribution in [-0.2, 0) is 68.5 Å². The van der Waals surface area contributed by atoms with E-state index in [-0.39, 0.29) is 152 Å². The van der Waals surface area contributed by atoms with Gasteiger partial charge in [-0.1, -0.05) is 117 Å². The van der Waals surface area contributed by atoms with E-state index in [9.17, 15) is 53.4 Å². The highest BCUT2D eigenvalue weighted by Gasteiger charge is 2.36. The van der Waals surface area contributed by atoms with E-state index < -0.39 is 47.6 Å². The van der Waals surface area contributed by atoms with Crippen LogP contribution in [0, 0.1) is 35.0 Å². The van der Waals surface area contributed by atoms with Gasteiger partial charge in [-0.2, -0.15) is 0 Å². The number of amidine groups is 1. The fourth-order valence-electron chi connectivity index (χ4n) is 10.3. The number of aromatic hydroxyl groups is 1. The maximum atomic E-state index is 14.3. The molecule has 0 saturated heterocycles. The molecule has 22 nitrogen and oxygen atoms in total. The van der Waals surface area contributed by atoms with Crippen LogP contribution >= 0.6 is 0 Å². The molecule has 0 aliphatic heterocycles. The standard InChI is InChI=1S/C66H110N6O16.H2/c1-48(2)42-56(75)44-52(64(81)50(4)57(25-17-18-26-60(67)68)59(76)45-53(65(69)82)43-51-28-30-54(73)31-29-51)23-19-20-34-70-62(78)47-88-41-38-85-36-21-24-55(74)46-87-40-39-86-37-35-71-61(77)33-32-58(66(83)84)72-49(3)22-15-13-11-9-7-5-6-8-10-12-14-16-27-63(79)80;/h28-31,48,50,52-53,57-58,72-73H,3,5-27,32-47H2,1-2,4H3,(H3,67,68)(H2,69,82)(H,70,78)(H,71,77)(H,79,80)(H,83,84);1H/t50?,52-,53-,57-,58+;/m1./s1. The highest BCUT2D eigenvalue weighted by atomic mass is 16.5. The largest absolute Gasteiger partial charge is 0.508 e. The number of unbranched alkanes of at least 4 members (excludes halogenated alkanes) is 13. The molecule has 0 aliphatic carbocycles. The zero-order valence-electron chi connectivity index (χ0n) is 53.4. The molecule has 5 atom stereocenters. The van der Waals surface area contributed by atoms with Crippen molar-refractivity contribution in [2.24, 2.45) is 41.1 Å². The quantitative estimate of drug-likeness (QED) is 0.0167. The molecule has 1 rings (SSSR count). The van der Waals surface area contributed by atoms with Crippen molar-refractivity contribution in [3.8, 4) is 5.75 Å². The van der Waals surface area contributed by atoms with E-state index in [1.54, 1.807) is 19.1 Å². The molecule has 0 aromatic heterocycles. The number of nitrogens with one attached hydrogen (secondary N) is 4. The lowest BCUT2D eigenvalue weighted by atomic mass is 9.75. The van der Waals surface area contributed by atoms with Crippen LogP contribution in [0.15, 0.2) is 36.5 Å². The number of phenols is 1. The second kappa shape index (κ2) is 50.7. The number of ketones is 4. The summed E-state index contributed by atoms with van der Waals surface area (Å²) in [5.41, 5.74) is 12.7. The molecule has 0 fully saturated rings. The first-order chi connectivity index (χ1) is 42.1. The van der Waals surface area contributed by atoms with Gasteiger partial charge in [-0.25, -0.2) is 4.79 Å². The average molecular weight is 1250 g/mol. The Hall–Kier alpha value is -6.10. The Morgan fingerprint density at radius 3 is 1.70 bits per heavy atom. The summed E-state index contributed by atoms with van der Waals surface area (Å²) in [6.07, 6.45) is 18.3. The summed E-state index contributed by atoms with van der Waals surface area (Å²) >= 11 is 0. The van der Waals surface area contributed by atoms with E-state index in [0.717, 1.165) is 51.4 Å². The van der Waals surface area contributed by atoms with Crippen LogP contribution in [-0.4, -0.2) is 146 Å². The van der Waals surface area contributed by atoms with Gasteiger partial charge in [0.25, 0.3) is 0 Å². The molecule has 502 valence electrons. The summed E-state index contributed by atoms with van der Waals surface area (Å²) in [5.74, 6) is -6.52. The summed E-state index contributed by atoms with van der Waals surface area (Å²) in [6, 6.07) is 5.37. The number of carboxylic acid groups (broad SMARTS) is 2. The Bertz CT molecular complexity index is 2220. The number of Topliss-reactive ketones (excluding diaryl/α,β-unsaturated/α-hetero) is 4. The highest BCUT2D eigenvalue weighted by Crippen LogP contribution is 2.31. The highest BCUT2D eigenvalue weighted by molar-refractivity contribution is 5.94. The third kappa shape index (κ3) is 43.5. The second-order valence-electron chi connectivity index (χ2n) is 23.7. The monoisotopic (exact) mass is 1240 g/mol. The number of phenolic OH excluding ortho intramolecular Hbond substituents is 1. The van der Waals surface area contributed by atoms with Crippen LogP contribution in [0.4, 0.5) is 0 Å². The second-order valence-corrected chi connectivity index (χ2v) is 23.7. The van der Waals surface area contributed by atoms with Crippen molar-refractivity contribution in [2.45, 2.75) is 213 Å². The van der Waals surface area contributed by atoms with Crippen molar-refractivity contribution < 1.29 is 78.8 Å². The van der Waals surface area contributed by atoms with Gasteiger partial charge in [0.05, 0.1) is 38.9 Å². The van der Waals surface area contributed by atoms with Gasteiger partial charge >= 0.3 is 11.9 Å². The number of ether oxygens (including phenoxy) is 4. The number of nitrogens with two attached hydrogens (primary N) is 2. The van der Waals surface area contributed by atoms with E-state index in [1.165, 1.54) is 37.8 Å². The lowest BCUT2D eigenvalue weighted by molar-refractivity contribution is -0.140. The lowest BCUT2D eigenvalue weighted by Gasteiger charge is -2.27. The molecule has 0 saturated carbocycles. The molecule has 3 amide bonds. The smallest absolute Gasteiger partial charge is 0.326 e. The van der Waals surface area contributed by atoms with E-state index in [4.69, 9.17) is 40.9 Å². The first-order valence-corrected chi connectivity index (χ1v) is 32.3. The van der Waals surface area contributed by atoms with Crippen LogP contribution in [0.3, 0.4) is 0 Å². The van der Waals surface area contributed by atoms with Gasteiger partial charge in [-0.15, -0.1) is 0 Å². The molecule has 1 aromatic carbocycles. The summed E-state index contributed by atoms with van der Waals surface area (Å²) < 4.78 is 21.9. The maximum Gasteiger partial charge on any atom is 0.326 e. The fourth-order valence-corrected chi connectivity index (χ4v) is 10.3. The average Bonchev–Trinajstić information content (AvgIpc) is 3.63. The van der Waals surface area contributed by atoms with Crippen molar-refractivity contribution in [1.29, 1.82) is 5.41 Å². The number of carbonyl (C=O) groups is 9. The number of amides is 3. The molecule has 0 bridgehead atoms. The third-order valence-corrected chi connectivity index (χ3v) is 15.3. The van der Waals surface area contributed by atoms with Crippen molar-refractivity contribution in [2.75, 3.05) is 65.9 Å². The van der Waals surface area contributed by atoms with E-state index in [2.05, 4.69) is 22.5 Å². The van der Waals surface area contributed by atoms with E-state index in [1.807, 2.05) is 13.8 Å². The van der Waals surface area contributed by atoms with Crippen molar-refractivity contribution in [3.05, 3.63) is 42.1 Å². The van der Waals surface area contributed by atoms with Gasteiger partial charge in [0.2, 0.25) is 17.7 Å². The first kappa shape index (κ1) is 79.9. The summed E-state index contributed by atoms with van der Waals surface area (Å²) in [4.78, 5) is 114. The first-order valence-electron chi connectivity index (χ1n) is 32.3. The van der Waals surface area contributed by atoms with Crippen LogP contribution < -0.4 is 27.4 Å². The third-order valence-electron chi connectivity index (χ3n) is 15.3. The fraction of sp³-hybridized carbons (Fsp3) is 0.727. The molecule has 1 unspecified atom stereocenters. The molecule has 0 heterocycles. The van der Waals surface area contributed by atoms with Gasteiger partial charge in [0.1, 0.15) is 42.4 Å². The molecular weight excluding hydrogens is 1130 g/mol. The minimum absolute atomic E-state index is 0. The number of primary amides is 1. The van der Waals surface area contributed by atoms with Gasteiger partial charge < -0.3 is 61.7 Å². The Morgan fingerprint density at radius 2 is 1.11 bits per heavy atom.